The van der Waals surface area contributed by atoms with Crippen LogP contribution in [0.25, 0.3) is 0 Å². The zero-order valence-corrected chi connectivity index (χ0v) is 13.5. The second kappa shape index (κ2) is 8.29. The summed E-state index contributed by atoms with van der Waals surface area (Å²) in [5, 5.41) is 3.41. The Hall–Kier alpha value is -1.20. The average Bonchev–Trinajstić information content (AvgIpc) is 2.48. The van der Waals surface area contributed by atoms with Crippen molar-refractivity contribution in [2.45, 2.75) is 33.2 Å². The van der Waals surface area contributed by atoms with Gasteiger partial charge in [-0.05, 0) is 31.2 Å². The Morgan fingerprint density at radius 3 is 2.57 bits per heavy atom. The summed E-state index contributed by atoms with van der Waals surface area (Å²) in [6.07, 6.45) is 6.13. The van der Waals surface area contributed by atoms with E-state index in [4.69, 9.17) is 4.74 Å². The summed E-state index contributed by atoms with van der Waals surface area (Å²) in [6, 6.07) is 0. The standard InChI is InChI=1S/C16H28N4O/c1-13(2)8-17-9-15-10-18-16(19-11-15)20(3)12-14-4-6-21-7-5-14/h10-11,13-14,17H,4-9,12H2,1-3H3. The molecule has 2 rings (SSSR count). The lowest BCUT2D eigenvalue weighted by atomic mass is 10.0. The van der Waals surface area contributed by atoms with E-state index in [1.54, 1.807) is 0 Å². The molecule has 5 heteroatoms. The summed E-state index contributed by atoms with van der Waals surface area (Å²) in [4.78, 5) is 11.1. The Balaban J connectivity index is 1.80. The molecule has 1 aromatic heterocycles. The van der Waals surface area contributed by atoms with Gasteiger partial charge in [0.05, 0.1) is 0 Å². The topological polar surface area (TPSA) is 50.3 Å². The molecule has 1 aliphatic rings. The molecule has 21 heavy (non-hydrogen) atoms. The van der Waals surface area contributed by atoms with Crippen LogP contribution in [0.2, 0.25) is 0 Å². The van der Waals surface area contributed by atoms with Crippen molar-refractivity contribution in [3.63, 3.8) is 0 Å². The van der Waals surface area contributed by atoms with Crippen molar-refractivity contribution >= 4 is 5.95 Å². The zero-order valence-electron chi connectivity index (χ0n) is 13.5. The first-order valence-electron chi connectivity index (χ1n) is 7.95. The maximum Gasteiger partial charge on any atom is 0.225 e. The predicted molar refractivity (Wildman–Crippen MR) is 85.4 cm³/mol. The molecule has 0 radical (unpaired) electrons. The van der Waals surface area contributed by atoms with Crippen LogP contribution in [0.3, 0.4) is 0 Å². The number of anilines is 1. The lowest BCUT2D eigenvalue weighted by Gasteiger charge is -2.27. The molecule has 0 atom stereocenters. The smallest absolute Gasteiger partial charge is 0.225 e. The summed E-state index contributed by atoms with van der Waals surface area (Å²) < 4.78 is 5.40. The maximum absolute atomic E-state index is 5.40. The third kappa shape index (κ3) is 5.59. The Morgan fingerprint density at radius 2 is 1.95 bits per heavy atom. The first-order chi connectivity index (χ1) is 10.1. The Morgan fingerprint density at radius 1 is 1.29 bits per heavy atom. The van der Waals surface area contributed by atoms with E-state index in [1.807, 2.05) is 12.4 Å². The lowest BCUT2D eigenvalue weighted by Crippen LogP contribution is -2.30. The van der Waals surface area contributed by atoms with Crippen molar-refractivity contribution in [1.82, 2.24) is 15.3 Å². The van der Waals surface area contributed by atoms with Gasteiger partial charge in [-0.2, -0.15) is 0 Å². The number of nitrogens with zero attached hydrogens (tertiary/aromatic N) is 3. The van der Waals surface area contributed by atoms with Gasteiger partial charge in [0.1, 0.15) is 0 Å². The number of aromatic nitrogens is 2. The van der Waals surface area contributed by atoms with Gasteiger partial charge in [0, 0.05) is 51.3 Å². The van der Waals surface area contributed by atoms with E-state index in [1.165, 1.54) is 0 Å². The molecule has 0 spiro atoms. The summed E-state index contributed by atoms with van der Waals surface area (Å²) >= 11 is 0. The van der Waals surface area contributed by atoms with Crippen LogP contribution < -0.4 is 10.2 Å². The van der Waals surface area contributed by atoms with E-state index >= 15 is 0 Å². The van der Waals surface area contributed by atoms with Gasteiger partial charge in [-0.15, -0.1) is 0 Å². The lowest BCUT2D eigenvalue weighted by molar-refractivity contribution is 0.0684. The van der Waals surface area contributed by atoms with Crippen molar-refractivity contribution < 1.29 is 4.74 Å². The van der Waals surface area contributed by atoms with Gasteiger partial charge in [-0.3, -0.25) is 0 Å². The fraction of sp³-hybridized carbons (Fsp3) is 0.750. The zero-order chi connectivity index (χ0) is 15.1. The fourth-order valence-electron chi connectivity index (χ4n) is 2.54. The number of rotatable bonds is 7. The minimum Gasteiger partial charge on any atom is -0.381 e. The highest BCUT2D eigenvalue weighted by Crippen LogP contribution is 2.17. The molecule has 1 saturated heterocycles. The molecule has 0 saturated carbocycles. The second-order valence-electron chi connectivity index (χ2n) is 6.35. The molecule has 0 aliphatic carbocycles. The van der Waals surface area contributed by atoms with Crippen molar-refractivity contribution in [1.29, 1.82) is 0 Å². The van der Waals surface area contributed by atoms with E-state index in [2.05, 4.69) is 41.1 Å². The van der Waals surface area contributed by atoms with E-state index in [9.17, 15) is 0 Å². The molecule has 1 fully saturated rings. The normalized spacial score (nSPS) is 16.4. The van der Waals surface area contributed by atoms with Crippen LogP contribution in [0.1, 0.15) is 32.3 Å². The van der Waals surface area contributed by atoms with Crippen LogP contribution in [-0.2, 0) is 11.3 Å². The Kier molecular flexibility index (Phi) is 6.39. The highest BCUT2D eigenvalue weighted by molar-refractivity contribution is 5.28. The van der Waals surface area contributed by atoms with Gasteiger partial charge in [-0.1, -0.05) is 13.8 Å². The van der Waals surface area contributed by atoms with E-state index in [-0.39, 0.29) is 0 Å². The third-order valence-corrected chi connectivity index (χ3v) is 3.79. The monoisotopic (exact) mass is 292 g/mol. The highest BCUT2D eigenvalue weighted by Gasteiger charge is 2.17. The minimum atomic E-state index is 0.663. The van der Waals surface area contributed by atoms with Crippen molar-refractivity contribution in [3.05, 3.63) is 18.0 Å². The Bertz CT molecular complexity index is 401. The van der Waals surface area contributed by atoms with Crippen molar-refractivity contribution in [3.8, 4) is 0 Å². The Labute approximate surface area is 128 Å². The number of nitrogens with one attached hydrogen (secondary N) is 1. The first-order valence-corrected chi connectivity index (χ1v) is 7.95. The van der Waals surface area contributed by atoms with Gasteiger partial charge in [0.25, 0.3) is 0 Å². The molecular formula is C16H28N4O. The first kappa shape index (κ1) is 16.2. The van der Waals surface area contributed by atoms with Crippen LogP contribution in [0.4, 0.5) is 5.95 Å². The summed E-state index contributed by atoms with van der Waals surface area (Å²) in [6.45, 7) is 9.05. The van der Waals surface area contributed by atoms with Crippen LogP contribution in [0.5, 0.6) is 0 Å². The van der Waals surface area contributed by atoms with E-state index in [0.717, 1.165) is 57.2 Å². The molecule has 5 nitrogen and oxygen atoms in total. The molecule has 118 valence electrons. The van der Waals surface area contributed by atoms with E-state index < -0.39 is 0 Å². The quantitative estimate of drug-likeness (QED) is 0.834. The van der Waals surface area contributed by atoms with Gasteiger partial charge in [0.15, 0.2) is 0 Å². The minimum absolute atomic E-state index is 0.663. The summed E-state index contributed by atoms with van der Waals surface area (Å²) in [5.41, 5.74) is 1.14. The fourth-order valence-corrected chi connectivity index (χ4v) is 2.54. The summed E-state index contributed by atoms with van der Waals surface area (Å²) in [7, 11) is 2.07. The van der Waals surface area contributed by atoms with Gasteiger partial charge < -0.3 is 15.0 Å². The van der Waals surface area contributed by atoms with Gasteiger partial charge >= 0.3 is 0 Å². The molecule has 2 heterocycles. The van der Waals surface area contributed by atoms with Crippen LogP contribution >= 0.6 is 0 Å². The van der Waals surface area contributed by atoms with Crippen LogP contribution in [0, 0.1) is 11.8 Å². The highest BCUT2D eigenvalue weighted by atomic mass is 16.5. The molecule has 0 amide bonds. The molecular weight excluding hydrogens is 264 g/mol. The third-order valence-electron chi connectivity index (χ3n) is 3.79. The summed E-state index contributed by atoms with van der Waals surface area (Å²) in [5.74, 6) is 2.17. The molecule has 0 bridgehead atoms. The maximum atomic E-state index is 5.40. The van der Waals surface area contributed by atoms with Gasteiger partial charge in [0.2, 0.25) is 5.95 Å². The molecule has 0 aromatic carbocycles. The van der Waals surface area contributed by atoms with Crippen molar-refractivity contribution in [2.75, 3.05) is 38.3 Å². The number of hydrogen-bond acceptors (Lipinski definition) is 5. The predicted octanol–water partition coefficient (Wildman–Crippen LogP) is 2.08. The number of hydrogen-bond donors (Lipinski definition) is 1. The van der Waals surface area contributed by atoms with Crippen molar-refractivity contribution in [2.24, 2.45) is 11.8 Å². The van der Waals surface area contributed by atoms with Gasteiger partial charge in [-0.25, -0.2) is 9.97 Å². The SMILES string of the molecule is CC(C)CNCc1cnc(N(C)CC2CCOCC2)nc1. The molecule has 1 N–H and O–H groups in total. The van der Waals surface area contributed by atoms with Crippen LogP contribution in [0.15, 0.2) is 12.4 Å². The van der Waals surface area contributed by atoms with E-state index in [0.29, 0.717) is 11.8 Å². The molecule has 1 aromatic rings. The largest absolute Gasteiger partial charge is 0.381 e. The average molecular weight is 292 g/mol. The molecule has 1 aliphatic heterocycles. The molecule has 0 unspecified atom stereocenters. The van der Waals surface area contributed by atoms with Crippen LogP contribution in [-0.4, -0.2) is 43.3 Å². The number of ether oxygens (including phenoxy) is 1. The second-order valence-corrected chi connectivity index (χ2v) is 6.35.